The fraction of sp³-hybridized carbons (Fsp3) is 0.143. The van der Waals surface area contributed by atoms with Crippen molar-refractivity contribution in [3.05, 3.63) is 60.7 Å². The first-order valence-electron chi connectivity index (χ1n) is 8.50. The molecule has 4 aromatic rings. The average molecular weight is 368 g/mol. The van der Waals surface area contributed by atoms with E-state index in [0.717, 1.165) is 33.2 Å². The van der Waals surface area contributed by atoms with Crippen LogP contribution < -0.4 is 34.7 Å². The quantitative estimate of drug-likeness (QED) is 0.507. The van der Waals surface area contributed by atoms with Gasteiger partial charge in [0.15, 0.2) is 0 Å². The number of carbonyl (C=O) groups excluding carboxylic acids is 1. The molecule has 3 aromatic carbocycles. The molecule has 0 saturated heterocycles. The van der Waals surface area contributed by atoms with Gasteiger partial charge in [0.1, 0.15) is 11.6 Å². The average Bonchev–Trinajstić information content (AvgIpc) is 3.00. The van der Waals surface area contributed by atoms with Crippen LogP contribution in [-0.2, 0) is 11.3 Å². The minimum absolute atomic E-state index is 0. The number of phenols is 1. The van der Waals surface area contributed by atoms with Crippen LogP contribution in [0.3, 0.4) is 0 Å². The predicted octanol–water partition coefficient (Wildman–Crippen LogP) is 0.0962. The summed E-state index contributed by atoms with van der Waals surface area (Å²) >= 11 is 0. The van der Waals surface area contributed by atoms with Crippen molar-refractivity contribution >= 4 is 27.8 Å². The molecule has 1 heterocycles. The van der Waals surface area contributed by atoms with Gasteiger partial charge < -0.3 is 19.6 Å². The molecule has 6 heteroatoms. The number of phenolic OH excluding ortho intramolecular Hbond substituents is 1. The number of para-hydroxylation sites is 2. The van der Waals surface area contributed by atoms with Gasteiger partial charge in [-0.25, -0.2) is 4.98 Å². The SMILES string of the molecule is O=C([O-])CCCn1c(-c2ccc3cc(O)ccc3c2)nc2ccccc21.[Na+]. The number of aliphatic carboxylic acids is 1. The summed E-state index contributed by atoms with van der Waals surface area (Å²) < 4.78 is 2.06. The topological polar surface area (TPSA) is 78.2 Å². The second kappa shape index (κ2) is 8.13. The number of rotatable bonds is 5. The molecule has 0 unspecified atom stereocenters. The number of hydrogen-bond donors (Lipinski definition) is 1. The van der Waals surface area contributed by atoms with Gasteiger partial charge in [-0.15, -0.1) is 0 Å². The first-order valence-corrected chi connectivity index (χ1v) is 8.50. The summed E-state index contributed by atoms with van der Waals surface area (Å²) in [6, 6.07) is 19.0. The molecule has 27 heavy (non-hydrogen) atoms. The Morgan fingerprint density at radius 3 is 2.59 bits per heavy atom. The predicted molar refractivity (Wildman–Crippen MR) is 98.6 cm³/mol. The molecule has 0 aliphatic rings. The van der Waals surface area contributed by atoms with Gasteiger partial charge in [-0.2, -0.15) is 0 Å². The molecule has 0 atom stereocenters. The molecule has 0 saturated carbocycles. The number of benzene rings is 3. The zero-order chi connectivity index (χ0) is 18.1. The van der Waals surface area contributed by atoms with Crippen LogP contribution in [0.5, 0.6) is 5.75 Å². The van der Waals surface area contributed by atoms with Crippen molar-refractivity contribution in [2.24, 2.45) is 0 Å². The van der Waals surface area contributed by atoms with Gasteiger partial charge in [0, 0.05) is 18.1 Å². The van der Waals surface area contributed by atoms with E-state index in [1.54, 1.807) is 12.1 Å². The monoisotopic (exact) mass is 368 g/mol. The molecule has 1 N–H and O–H groups in total. The standard InChI is InChI=1S/C21H18N2O3.Na/c24-17-10-9-14-12-16(8-7-15(14)13-17)21-22-18-4-1-2-5-19(18)23(21)11-3-6-20(25)26;/h1-2,4-5,7-10,12-13,24H,3,6,11H2,(H,25,26);/q;+1/p-1. The number of carbonyl (C=O) groups is 1. The van der Waals surface area contributed by atoms with Crippen LogP contribution in [0.15, 0.2) is 60.7 Å². The van der Waals surface area contributed by atoms with Gasteiger partial charge in [-0.3, -0.25) is 0 Å². The van der Waals surface area contributed by atoms with Gasteiger partial charge in [0.05, 0.1) is 11.0 Å². The molecule has 5 nitrogen and oxygen atoms in total. The first kappa shape index (κ1) is 19.4. The van der Waals surface area contributed by atoms with Crippen molar-refractivity contribution in [2.75, 3.05) is 0 Å². The fourth-order valence-electron chi connectivity index (χ4n) is 3.28. The molecule has 130 valence electrons. The Hall–Kier alpha value is -2.34. The van der Waals surface area contributed by atoms with Gasteiger partial charge in [0.2, 0.25) is 0 Å². The molecular weight excluding hydrogens is 351 g/mol. The van der Waals surface area contributed by atoms with Crippen LogP contribution in [0.1, 0.15) is 12.8 Å². The van der Waals surface area contributed by atoms with Crippen LogP contribution >= 0.6 is 0 Å². The van der Waals surface area contributed by atoms with Crippen LogP contribution in [-0.4, -0.2) is 20.6 Å². The number of fused-ring (bicyclic) bond motifs is 2. The minimum atomic E-state index is -1.04. The van der Waals surface area contributed by atoms with Gasteiger partial charge in [0.25, 0.3) is 0 Å². The third-order valence-electron chi connectivity index (χ3n) is 4.50. The Labute approximate surface area is 178 Å². The summed E-state index contributed by atoms with van der Waals surface area (Å²) in [5.74, 6) is 0.000718. The van der Waals surface area contributed by atoms with E-state index in [-0.39, 0.29) is 41.7 Å². The molecular formula is C21H17N2NaO3. The van der Waals surface area contributed by atoms with E-state index < -0.39 is 5.97 Å². The first-order chi connectivity index (χ1) is 12.6. The minimum Gasteiger partial charge on any atom is -0.550 e. The summed E-state index contributed by atoms with van der Waals surface area (Å²) in [6.45, 7) is 0.553. The Balaban J connectivity index is 0.00000210. The van der Waals surface area contributed by atoms with Crippen LogP contribution in [0.4, 0.5) is 0 Å². The van der Waals surface area contributed by atoms with E-state index in [9.17, 15) is 15.0 Å². The third kappa shape index (κ3) is 4.00. The van der Waals surface area contributed by atoms with Gasteiger partial charge in [-0.1, -0.05) is 30.3 Å². The molecule has 0 spiro atoms. The molecule has 0 amide bonds. The van der Waals surface area contributed by atoms with E-state index >= 15 is 0 Å². The number of carboxylic acids is 1. The van der Waals surface area contributed by atoms with E-state index in [4.69, 9.17) is 4.98 Å². The zero-order valence-corrected chi connectivity index (χ0v) is 17.1. The summed E-state index contributed by atoms with van der Waals surface area (Å²) in [4.78, 5) is 15.5. The smallest absolute Gasteiger partial charge is 0.550 e. The molecule has 0 aliphatic carbocycles. The molecule has 0 radical (unpaired) electrons. The number of nitrogens with zero attached hydrogens (tertiary/aromatic N) is 2. The molecule has 0 aliphatic heterocycles. The number of imidazole rings is 1. The molecule has 0 fully saturated rings. The number of aromatic hydroxyl groups is 1. The Bertz CT molecular complexity index is 1120. The summed E-state index contributed by atoms with van der Waals surface area (Å²) in [7, 11) is 0. The summed E-state index contributed by atoms with van der Waals surface area (Å²) in [5, 5.41) is 22.4. The molecule has 0 bridgehead atoms. The number of aromatic nitrogens is 2. The molecule has 1 aromatic heterocycles. The van der Waals surface area contributed by atoms with Crippen molar-refractivity contribution in [1.29, 1.82) is 0 Å². The van der Waals surface area contributed by atoms with Crippen molar-refractivity contribution in [2.45, 2.75) is 19.4 Å². The summed E-state index contributed by atoms with van der Waals surface area (Å²) in [6.07, 6.45) is 0.500. The largest absolute Gasteiger partial charge is 1.00 e. The molecule has 4 rings (SSSR count). The number of aryl methyl sites for hydroxylation is 1. The van der Waals surface area contributed by atoms with Crippen molar-refractivity contribution in [3.8, 4) is 17.1 Å². The van der Waals surface area contributed by atoms with Crippen molar-refractivity contribution in [3.63, 3.8) is 0 Å². The van der Waals surface area contributed by atoms with Crippen LogP contribution in [0.2, 0.25) is 0 Å². The maximum Gasteiger partial charge on any atom is 1.00 e. The fourth-order valence-corrected chi connectivity index (χ4v) is 3.28. The van der Waals surface area contributed by atoms with Gasteiger partial charge >= 0.3 is 29.6 Å². The van der Waals surface area contributed by atoms with E-state index in [1.807, 2.05) is 48.5 Å². The van der Waals surface area contributed by atoms with Crippen LogP contribution in [0, 0.1) is 0 Å². The maximum absolute atomic E-state index is 10.8. The third-order valence-corrected chi connectivity index (χ3v) is 4.50. The number of carboxylic acid groups (broad SMARTS) is 1. The second-order valence-corrected chi connectivity index (χ2v) is 6.30. The van der Waals surface area contributed by atoms with E-state index in [0.29, 0.717) is 13.0 Å². The van der Waals surface area contributed by atoms with Crippen LogP contribution in [0.25, 0.3) is 33.2 Å². The Morgan fingerprint density at radius 2 is 1.78 bits per heavy atom. The normalized spacial score (nSPS) is 10.8. The van der Waals surface area contributed by atoms with E-state index in [1.165, 1.54) is 0 Å². The zero-order valence-electron chi connectivity index (χ0n) is 15.1. The summed E-state index contributed by atoms with van der Waals surface area (Å²) in [5.41, 5.74) is 2.81. The number of hydrogen-bond acceptors (Lipinski definition) is 4. The van der Waals surface area contributed by atoms with Crippen molar-refractivity contribution < 1.29 is 44.6 Å². The van der Waals surface area contributed by atoms with E-state index in [2.05, 4.69) is 4.57 Å². The van der Waals surface area contributed by atoms with Crippen molar-refractivity contribution in [1.82, 2.24) is 9.55 Å². The maximum atomic E-state index is 10.8. The van der Waals surface area contributed by atoms with Gasteiger partial charge in [-0.05, 0) is 53.9 Å². The second-order valence-electron chi connectivity index (χ2n) is 6.30. The Morgan fingerprint density at radius 1 is 1.04 bits per heavy atom. The Kier molecular flexibility index (Phi) is 5.85.